The molecule has 124 valence electrons. The van der Waals surface area contributed by atoms with E-state index in [1.807, 2.05) is 20.8 Å². The summed E-state index contributed by atoms with van der Waals surface area (Å²) in [6.07, 6.45) is -1.27. The van der Waals surface area contributed by atoms with Crippen LogP contribution in [0.2, 0.25) is 0 Å². The molecule has 1 heterocycles. The Hall–Kier alpha value is -2.15. The average molecular weight is 325 g/mol. The molecule has 1 N–H and O–H groups in total. The Bertz CT molecular complexity index is 627. The molecule has 1 aromatic carbocycles. The highest BCUT2D eigenvalue weighted by Gasteiger charge is 2.31. The third-order valence-corrected chi connectivity index (χ3v) is 3.36. The monoisotopic (exact) mass is 325 g/mol. The fourth-order valence-corrected chi connectivity index (χ4v) is 2.14. The van der Waals surface area contributed by atoms with Gasteiger partial charge in [-0.15, -0.1) is 13.2 Å². The average Bonchev–Trinajstić information content (AvgIpc) is 2.46. The molecule has 0 aliphatic heterocycles. The SMILES string of the molecule is Cc1cnc([C@@H](C)N[C@@H](C)c2ccc(OC(F)(F)F)cc2)cn1. The van der Waals surface area contributed by atoms with Gasteiger partial charge in [-0.3, -0.25) is 9.97 Å². The zero-order valence-corrected chi connectivity index (χ0v) is 13.1. The smallest absolute Gasteiger partial charge is 0.406 e. The number of benzene rings is 1. The van der Waals surface area contributed by atoms with Crippen molar-refractivity contribution in [2.45, 2.75) is 39.2 Å². The van der Waals surface area contributed by atoms with Crippen LogP contribution < -0.4 is 10.1 Å². The van der Waals surface area contributed by atoms with Crippen LogP contribution in [0.1, 0.15) is 42.9 Å². The van der Waals surface area contributed by atoms with Crippen molar-refractivity contribution in [1.82, 2.24) is 15.3 Å². The number of aryl methyl sites for hydroxylation is 1. The van der Waals surface area contributed by atoms with Crippen molar-refractivity contribution in [3.8, 4) is 5.75 Å². The van der Waals surface area contributed by atoms with Crippen LogP contribution >= 0.6 is 0 Å². The molecule has 0 saturated carbocycles. The molecule has 4 nitrogen and oxygen atoms in total. The Morgan fingerprint density at radius 1 is 1.00 bits per heavy atom. The van der Waals surface area contributed by atoms with Crippen LogP contribution in [0.25, 0.3) is 0 Å². The molecule has 0 amide bonds. The van der Waals surface area contributed by atoms with Gasteiger partial charge in [-0.25, -0.2) is 0 Å². The highest BCUT2D eigenvalue weighted by molar-refractivity contribution is 5.29. The van der Waals surface area contributed by atoms with E-state index in [2.05, 4.69) is 20.0 Å². The summed E-state index contributed by atoms with van der Waals surface area (Å²) in [5, 5.41) is 3.33. The van der Waals surface area contributed by atoms with E-state index in [1.165, 1.54) is 12.1 Å². The summed E-state index contributed by atoms with van der Waals surface area (Å²) in [6.45, 7) is 5.75. The van der Waals surface area contributed by atoms with E-state index in [9.17, 15) is 13.2 Å². The lowest BCUT2D eigenvalue weighted by molar-refractivity contribution is -0.274. The largest absolute Gasteiger partial charge is 0.573 e. The van der Waals surface area contributed by atoms with Crippen molar-refractivity contribution >= 4 is 0 Å². The van der Waals surface area contributed by atoms with Crippen molar-refractivity contribution in [3.63, 3.8) is 0 Å². The maximum absolute atomic E-state index is 12.1. The summed E-state index contributed by atoms with van der Waals surface area (Å²) in [6, 6.07) is 5.71. The molecule has 2 atom stereocenters. The van der Waals surface area contributed by atoms with Gasteiger partial charge in [0.2, 0.25) is 0 Å². The van der Waals surface area contributed by atoms with Gasteiger partial charge in [0.1, 0.15) is 5.75 Å². The van der Waals surface area contributed by atoms with Crippen molar-refractivity contribution in [2.24, 2.45) is 0 Å². The second kappa shape index (κ2) is 6.95. The van der Waals surface area contributed by atoms with Crippen LogP contribution in [0, 0.1) is 6.92 Å². The molecule has 2 rings (SSSR count). The summed E-state index contributed by atoms with van der Waals surface area (Å²) in [5.74, 6) is -0.231. The summed E-state index contributed by atoms with van der Waals surface area (Å²) in [5.41, 5.74) is 2.50. The van der Waals surface area contributed by atoms with Crippen LogP contribution in [-0.2, 0) is 0 Å². The molecule has 7 heteroatoms. The first-order valence-electron chi connectivity index (χ1n) is 7.15. The lowest BCUT2D eigenvalue weighted by Crippen LogP contribution is -2.23. The molecule has 0 fully saturated rings. The molecule has 0 aliphatic rings. The fourth-order valence-electron chi connectivity index (χ4n) is 2.14. The van der Waals surface area contributed by atoms with E-state index in [4.69, 9.17) is 0 Å². The first-order chi connectivity index (χ1) is 10.7. The van der Waals surface area contributed by atoms with Gasteiger partial charge in [0.05, 0.1) is 17.6 Å². The molecule has 0 saturated heterocycles. The van der Waals surface area contributed by atoms with Crippen molar-refractivity contribution < 1.29 is 17.9 Å². The predicted molar refractivity (Wildman–Crippen MR) is 79.9 cm³/mol. The minimum absolute atomic E-state index is 0.0378. The van der Waals surface area contributed by atoms with Crippen molar-refractivity contribution in [1.29, 1.82) is 0 Å². The van der Waals surface area contributed by atoms with E-state index < -0.39 is 6.36 Å². The number of nitrogens with zero attached hydrogens (tertiary/aromatic N) is 2. The molecule has 0 spiro atoms. The third-order valence-electron chi connectivity index (χ3n) is 3.36. The molecule has 0 radical (unpaired) electrons. The van der Waals surface area contributed by atoms with Gasteiger partial charge >= 0.3 is 6.36 Å². The van der Waals surface area contributed by atoms with Gasteiger partial charge in [0.25, 0.3) is 0 Å². The van der Waals surface area contributed by atoms with E-state index in [0.717, 1.165) is 17.0 Å². The molecular formula is C16H18F3N3O. The number of hydrogen-bond donors (Lipinski definition) is 1. The van der Waals surface area contributed by atoms with Crippen LogP contribution in [0.3, 0.4) is 0 Å². The first-order valence-corrected chi connectivity index (χ1v) is 7.15. The lowest BCUT2D eigenvalue weighted by Gasteiger charge is -2.20. The van der Waals surface area contributed by atoms with Gasteiger partial charge in [-0.1, -0.05) is 12.1 Å². The van der Waals surface area contributed by atoms with Gasteiger partial charge in [-0.05, 0) is 38.5 Å². The normalized spacial score (nSPS) is 14.3. The number of hydrogen-bond acceptors (Lipinski definition) is 4. The molecule has 0 bridgehead atoms. The Balaban J connectivity index is 2.00. The number of rotatable bonds is 5. The quantitative estimate of drug-likeness (QED) is 0.899. The summed E-state index contributed by atoms with van der Waals surface area (Å²) >= 11 is 0. The molecule has 2 aromatic rings. The Labute approximate surface area is 132 Å². The van der Waals surface area contributed by atoms with Gasteiger partial charge in [0.15, 0.2) is 0 Å². The number of halogens is 3. The standard InChI is InChI=1S/C16H18F3N3O/c1-10-8-21-15(9-20-10)12(3)22-11(2)13-4-6-14(7-5-13)23-16(17,18)19/h4-9,11-12,22H,1-3H3/t11-,12+/m0/s1. The van der Waals surface area contributed by atoms with Gasteiger partial charge in [0, 0.05) is 18.3 Å². The van der Waals surface area contributed by atoms with Crippen molar-refractivity contribution in [3.05, 3.63) is 53.6 Å². The fraction of sp³-hybridized carbons (Fsp3) is 0.375. The van der Waals surface area contributed by atoms with Crippen LogP contribution in [-0.4, -0.2) is 16.3 Å². The Kier molecular flexibility index (Phi) is 5.20. The topological polar surface area (TPSA) is 47.0 Å². The lowest BCUT2D eigenvalue weighted by atomic mass is 10.1. The Morgan fingerprint density at radius 2 is 1.65 bits per heavy atom. The van der Waals surface area contributed by atoms with E-state index in [1.54, 1.807) is 24.5 Å². The minimum atomic E-state index is -4.68. The van der Waals surface area contributed by atoms with E-state index in [-0.39, 0.29) is 17.8 Å². The molecule has 0 aliphatic carbocycles. The second-order valence-corrected chi connectivity index (χ2v) is 5.31. The highest BCUT2D eigenvalue weighted by Crippen LogP contribution is 2.25. The minimum Gasteiger partial charge on any atom is -0.406 e. The van der Waals surface area contributed by atoms with Crippen LogP contribution in [0.5, 0.6) is 5.75 Å². The first kappa shape index (κ1) is 17.2. The maximum atomic E-state index is 12.1. The predicted octanol–water partition coefficient (Wildman–Crippen LogP) is 4.10. The van der Waals surface area contributed by atoms with Crippen LogP contribution in [0.15, 0.2) is 36.7 Å². The number of ether oxygens (including phenoxy) is 1. The number of aromatic nitrogens is 2. The zero-order valence-electron chi connectivity index (χ0n) is 13.1. The zero-order chi connectivity index (χ0) is 17.0. The van der Waals surface area contributed by atoms with Gasteiger partial charge in [-0.2, -0.15) is 0 Å². The highest BCUT2D eigenvalue weighted by atomic mass is 19.4. The molecule has 0 unspecified atom stereocenters. The molecule has 23 heavy (non-hydrogen) atoms. The Morgan fingerprint density at radius 3 is 2.17 bits per heavy atom. The summed E-state index contributed by atoms with van der Waals surface area (Å²) in [7, 11) is 0. The van der Waals surface area contributed by atoms with E-state index in [0.29, 0.717) is 0 Å². The van der Waals surface area contributed by atoms with Gasteiger partial charge < -0.3 is 10.1 Å². The molecular weight excluding hydrogens is 307 g/mol. The summed E-state index contributed by atoms with van der Waals surface area (Å²) < 4.78 is 40.3. The second-order valence-electron chi connectivity index (χ2n) is 5.31. The third kappa shape index (κ3) is 5.21. The number of alkyl halides is 3. The number of nitrogens with one attached hydrogen (secondary N) is 1. The van der Waals surface area contributed by atoms with Crippen LogP contribution in [0.4, 0.5) is 13.2 Å². The maximum Gasteiger partial charge on any atom is 0.573 e. The molecule has 1 aromatic heterocycles. The van der Waals surface area contributed by atoms with E-state index >= 15 is 0 Å². The van der Waals surface area contributed by atoms with Crippen molar-refractivity contribution in [2.75, 3.05) is 0 Å². The summed E-state index contributed by atoms with van der Waals surface area (Å²) in [4.78, 5) is 8.51.